The largest absolute Gasteiger partial charge is 0.334 e. The average molecular weight is 348 g/mol. The summed E-state index contributed by atoms with van der Waals surface area (Å²) >= 11 is 0. The maximum absolute atomic E-state index is 13.0. The van der Waals surface area contributed by atoms with Gasteiger partial charge < -0.3 is 9.09 Å². The lowest BCUT2D eigenvalue weighted by Gasteiger charge is -2.06. The summed E-state index contributed by atoms with van der Waals surface area (Å²) in [6, 6.07) is 12.6. The van der Waals surface area contributed by atoms with Crippen LogP contribution in [-0.2, 0) is 6.54 Å². The number of rotatable bonds is 4. The Labute approximate surface area is 147 Å². The standard InChI is InChI=1S/C19H13FN4O2/c20-16-6-3-14(4-7-16)18-22-19(26-23-18)15-5-8-17(25)24(12-15)11-13-2-1-9-21-10-13/h1-10,12H,11H2. The fourth-order valence-corrected chi connectivity index (χ4v) is 2.53. The Bertz CT molecular complexity index is 1090. The fraction of sp³-hybridized carbons (Fsp3) is 0.0526. The first-order chi connectivity index (χ1) is 12.7. The third kappa shape index (κ3) is 3.27. The summed E-state index contributed by atoms with van der Waals surface area (Å²) in [5.41, 5.74) is 2.03. The second-order valence-corrected chi connectivity index (χ2v) is 5.68. The van der Waals surface area contributed by atoms with Gasteiger partial charge in [-0.1, -0.05) is 11.2 Å². The van der Waals surface area contributed by atoms with E-state index in [9.17, 15) is 9.18 Å². The van der Waals surface area contributed by atoms with Crippen LogP contribution in [0.4, 0.5) is 4.39 Å². The molecule has 4 rings (SSSR count). The number of aromatic nitrogens is 4. The van der Waals surface area contributed by atoms with Crippen molar-refractivity contribution in [3.63, 3.8) is 0 Å². The Morgan fingerprint density at radius 1 is 1.04 bits per heavy atom. The average Bonchev–Trinajstić information content (AvgIpc) is 3.15. The Morgan fingerprint density at radius 2 is 1.85 bits per heavy atom. The molecule has 0 aliphatic heterocycles. The van der Waals surface area contributed by atoms with E-state index in [1.54, 1.807) is 41.4 Å². The van der Waals surface area contributed by atoms with Crippen molar-refractivity contribution in [2.45, 2.75) is 6.54 Å². The van der Waals surface area contributed by atoms with Gasteiger partial charge in [-0.2, -0.15) is 4.98 Å². The highest BCUT2D eigenvalue weighted by molar-refractivity contribution is 5.59. The topological polar surface area (TPSA) is 73.8 Å². The molecule has 6 nitrogen and oxygen atoms in total. The van der Waals surface area contributed by atoms with Crippen molar-refractivity contribution in [3.05, 3.63) is 88.9 Å². The van der Waals surface area contributed by atoms with E-state index in [2.05, 4.69) is 15.1 Å². The highest BCUT2D eigenvalue weighted by Crippen LogP contribution is 2.21. The Hall–Kier alpha value is -3.61. The normalized spacial score (nSPS) is 10.8. The van der Waals surface area contributed by atoms with E-state index < -0.39 is 0 Å². The van der Waals surface area contributed by atoms with Gasteiger partial charge in [-0.25, -0.2) is 4.39 Å². The van der Waals surface area contributed by atoms with Crippen LogP contribution in [0, 0.1) is 5.82 Å². The number of benzene rings is 1. The van der Waals surface area contributed by atoms with E-state index in [1.807, 2.05) is 12.1 Å². The molecule has 7 heteroatoms. The summed E-state index contributed by atoms with van der Waals surface area (Å²) in [6.07, 6.45) is 5.05. The number of hydrogen-bond acceptors (Lipinski definition) is 5. The number of hydrogen-bond donors (Lipinski definition) is 0. The van der Waals surface area contributed by atoms with Crippen LogP contribution in [0.25, 0.3) is 22.8 Å². The van der Waals surface area contributed by atoms with E-state index in [1.165, 1.54) is 18.2 Å². The molecule has 0 unspecified atom stereocenters. The van der Waals surface area contributed by atoms with Crippen molar-refractivity contribution in [2.75, 3.05) is 0 Å². The molecule has 26 heavy (non-hydrogen) atoms. The zero-order chi connectivity index (χ0) is 17.9. The van der Waals surface area contributed by atoms with Gasteiger partial charge in [0.15, 0.2) is 0 Å². The van der Waals surface area contributed by atoms with Crippen LogP contribution in [0.5, 0.6) is 0 Å². The van der Waals surface area contributed by atoms with E-state index in [4.69, 9.17) is 4.52 Å². The molecule has 0 fully saturated rings. The van der Waals surface area contributed by atoms with Gasteiger partial charge in [0.05, 0.1) is 12.1 Å². The summed E-state index contributed by atoms with van der Waals surface area (Å²) < 4.78 is 19.9. The molecule has 0 aliphatic rings. The SMILES string of the molecule is O=c1ccc(-c2nc(-c3ccc(F)cc3)no2)cn1Cc1cccnc1. The van der Waals surface area contributed by atoms with Gasteiger partial charge in [0.25, 0.3) is 11.4 Å². The quantitative estimate of drug-likeness (QED) is 0.566. The van der Waals surface area contributed by atoms with Gasteiger partial charge in [0, 0.05) is 30.2 Å². The molecule has 4 aromatic rings. The molecule has 0 saturated carbocycles. The first kappa shape index (κ1) is 15.9. The van der Waals surface area contributed by atoms with Gasteiger partial charge >= 0.3 is 0 Å². The molecular formula is C19H13FN4O2. The highest BCUT2D eigenvalue weighted by atomic mass is 19.1. The molecule has 0 amide bonds. The van der Waals surface area contributed by atoms with Crippen molar-refractivity contribution in [1.29, 1.82) is 0 Å². The van der Waals surface area contributed by atoms with Crippen LogP contribution in [0.15, 0.2) is 76.4 Å². The van der Waals surface area contributed by atoms with Crippen LogP contribution in [0.2, 0.25) is 0 Å². The monoisotopic (exact) mass is 348 g/mol. The molecule has 0 saturated heterocycles. The van der Waals surface area contributed by atoms with Crippen molar-refractivity contribution in [3.8, 4) is 22.8 Å². The lowest BCUT2D eigenvalue weighted by Crippen LogP contribution is -2.19. The lowest BCUT2D eigenvalue weighted by atomic mass is 10.2. The minimum absolute atomic E-state index is 0.143. The minimum atomic E-state index is -0.333. The smallest absolute Gasteiger partial charge is 0.259 e. The first-order valence-corrected chi connectivity index (χ1v) is 7.88. The van der Waals surface area contributed by atoms with Crippen LogP contribution < -0.4 is 5.56 Å². The van der Waals surface area contributed by atoms with E-state index in [-0.39, 0.29) is 17.3 Å². The van der Waals surface area contributed by atoms with Crippen LogP contribution >= 0.6 is 0 Å². The maximum Gasteiger partial charge on any atom is 0.259 e. The van der Waals surface area contributed by atoms with E-state index in [0.717, 1.165) is 5.56 Å². The second-order valence-electron chi connectivity index (χ2n) is 5.68. The molecule has 1 aromatic carbocycles. The van der Waals surface area contributed by atoms with Gasteiger partial charge in [-0.3, -0.25) is 9.78 Å². The van der Waals surface area contributed by atoms with Crippen molar-refractivity contribution < 1.29 is 8.91 Å². The van der Waals surface area contributed by atoms with Crippen LogP contribution in [0.1, 0.15) is 5.56 Å². The predicted octanol–water partition coefficient (Wildman–Crippen LogP) is 3.15. The molecule has 0 spiro atoms. The van der Waals surface area contributed by atoms with E-state index >= 15 is 0 Å². The van der Waals surface area contributed by atoms with Gasteiger partial charge in [0.2, 0.25) is 5.82 Å². The molecule has 128 valence electrons. The van der Waals surface area contributed by atoms with Crippen LogP contribution in [-0.4, -0.2) is 19.7 Å². The molecule has 0 atom stereocenters. The predicted molar refractivity (Wildman–Crippen MR) is 92.7 cm³/mol. The first-order valence-electron chi connectivity index (χ1n) is 7.88. The third-order valence-corrected chi connectivity index (χ3v) is 3.83. The fourth-order valence-electron chi connectivity index (χ4n) is 2.53. The van der Waals surface area contributed by atoms with Crippen molar-refractivity contribution in [2.24, 2.45) is 0 Å². The Kier molecular flexibility index (Phi) is 4.10. The van der Waals surface area contributed by atoms with Gasteiger partial charge in [-0.15, -0.1) is 0 Å². The zero-order valence-corrected chi connectivity index (χ0v) is 13.5. The Morgan fingerprint density at radius 3 is 2.62 bits per heavy atom. The molecular weight excluding hydrogens is 335 g/mol. The third-order valence-electron chi connectivity index (χ3n) is 3.83. The van der Waals surface area contributed by atoms with Crippen molar-refractivity contribution in [1.82, 2.24) is 19.7 Å². The highest BCUT2D eigenvalue weighted by Gasteiger charge is 2.12. The summed E-state index contributed by atoms with van der Waals surface area (Å²) in [5, 5.41) is 3.92. The van der Waals surface area contributed by atoms with Crippen LogP contribution in [0.3, 0.4) is 0 Å². The summed E-state index contributed by atoms with van der Waals surface area (Å²) in [7, 11) is 0. The zero-order valence-electron chi connectivity index (χ0n) is 13.5. The van der Waals surface area contributed by atoms with Gasteiger partial charge in [0.1, 0.15) is 5.82 Å². The number of pyridine rings is 2. The summed E-state index contributed by atoms with van der Waals surface area (Å²) in [4.78, 5) is 20.5. The Balaban J connectivity index is 1.65. The molecule has 0 radical (unpaired) electrons. The molecule has 0 N–H and O–H groups in total. The second kappa shape index (κ2) is 6.72. The van der Waals surface area contributed by atoms with Gasteiger partial charge in [-0.05, 0) is 42.0 Å². The molecule has 0 bridgehead atoms. The lowest BCUT2D eigenvalue weighted by molar-refractivity contribution is 0.432. The molecule has 3 heterocycles. The maximum atomic E-state index is 13.0. The number of nitrogens with zero attached hydrogens (tertiary/aromatic N) is 4. The molecule has 0 aliphatic carbocycles. The minimum Gasteiger partial charge on any atom is -0.334 e. The summed E-state index contributed by atoms with van der Waals surface area (Å²) in [6.45, 7) is 0.388. The van der Waals surface area contributed by atoms with Crippen molar-refractivity contribution >= 4 is 0 Å². The molecule has 3 aromatic heterocycles. The summed E-state index contributed by atoms with van der Waals surface area (Å²) in [5.74, 6) is 0.300. The number of halogens is 1. The van der Waals surface area contributed by atoms with E-state index in [0.29, 0.717) is 23.5 Å².